The highest BCUT2D eigenvalue weighted by atomic mass is 79.9. The summed E-state index contributed by atoms with van der Waals surface area (Å²) in [5.74, 6) is 1.26. The molecule has 0 amide bonds. The van der Waals surface area contributed by atoms with Crippen LogP contribution in [0, 0.1) is 6.92 Å². The summed E-state index contributed by atoms with van der Waals surface area (Å²) in [7, 11) is 0. The van der Waals surface area contributed by atoms with Crippen LogP contribution in [0.1, 0.15) is 28.8 Å². The Balaban J connectivity index is 2.05. The van der Waals surface area contributed by atoms with Gasteiger partial charge in [0.15, 0.2) is 0 Å². The van der Waals surface area contributed by atoms with Gasteiger partial charge in [-0.1, -0.05) is 34.2 Å². The van der Waals surface area contributed by atoms with Crippen LogP contribution in [0.5, 0.6) is 11.6 Å². The Kier molecular flexibility index (Phi) is 3.95. The Bertz CT molecular complexity index is 730. The molecule has 0 radical (unpaired) electrons. The molecule has 1 aliphatic rings. The third-order valence-corrected chi connectivity index (χ3v) is 4.35. The fraction of sp³-hybridized carbons (Fsp3) is 0.250. The summed E-state index contributed by atoms with van der Waals surface area (Å²) in [5.41, 5.74) is 9.91. The summed E-state index contributed by atoms with van der Waals surface area (Å²) in [6, 6.07) is 7.92. The van der Waals surface area contributed by atoms with E-state index in [1.165, 1.54) is 5.56 Å². The van der Waals surface area contributed by atoms with Crippen molar-refractivity contribution in [1.82, 2.24) is 4.98 Å². The quantitative estimate of drug-likeness (QED) is 0.836. The van der Waals surface area contributed by atoms with Gasteiger partial charge in [0, 0.05) is 10.2 Å². The minimum absolute atomic E-state index is 0.319. The molecule has 0 saturated heterocycles. The second kappa shape index (κ2) is 5.73. The minimum atomic E-state index is 0.319. The number of hydrogen-bond donors (Lipinski definition) is 1. The molecule has 0 fully saturated rings. The highest BCUT2D eigenvalue weighted by Gasteiger charge is 2.19. The standard InChI is InChI=1S/C16H15BrN2OS/c1-9-5-6-11(17)8-14(9)20-16-12(15(18)21)7-10-3-2-4-13(10)19-16/h5-8H,2-4H2,1H3,(H2,18,21). The number of thiocarbonyl (C=S) groups is 1. The van der Waals surface area contributed by atoms with Crippen molar-refractivity contribution in [1.29, 1.82) is 0 Å². The first-order valence-electron chi connectivity index (χ1n) is 6.81. The van der Waals surface area contributed by atoms with E-state index in [0.29, 0.717) is 16.4 Å². The maximum Gasteiger partial charge on any atom is 0.229 e. The number of ether oxygens (including phenoxy) is 1. The van der Waals surface area contributed by atoms with Gasteiger partial charge in [0.2, 0.25) is 5.88 Å². The van der Waals surface area contributed by atoms with Crippen LogP contribution >= 0.6 is 28.1 Å². The van der Waals surface area contributed by atoms with Gasteiger partial charge in [-0.15, -0.1) is 0 Å². The molecule has 1 aromatic heterocycles. The second-order valence-corrected chi connectivity index (χ2v) is 6.53. The van der Waals surface area contributed by atoms with E-state index in [4.69, 9.17) is 22.7 Å². The molecule has 1 heterocycles. The lowest BCUT2D eigenvalue weighted by atomic mass is 10.1. The van der Waals surface area contributed by atoms with Crippen molar-refractivity contribution in [3.63, 3.8) is 0 Å². The number of aryl methyl sites for hydroxylation is 3. The van der Waals surface area contributed by atoms with Crippen LogP contribution in [0.15, 0.2) is 28.7 Å². The van der Waals surface area contributed by atoms with E-state index < -0.39 is 0 Å². The molecule has 1 aliphatic carbocycles. The summed E-state index contributed by atoms with van der Waals surface area (Å²) >= 11 is 8.60. The number of pyridine rings is 1. The van der Waals surface area contributed by atoms with E-state index in [2.05, 4.69) is 20.9 Å². The van der Waals surface area contributed by atoms with Crippen molar-refractivity contribution in [2.24, 2.45) is 5.73 Å². The van der Waals surface area contributed by atoms with E-state index in [0.717, 1.165) is 40.7 Å². The number of aromatic nitrogens is 1. The number of nitrogens with two attached hydrogens (primary N) is 1. The maximum atomic E-state index is 6.00. The summed E-state index contributed by atoms with van der Waals surface area (Å²) in [5, 5.41) is 0. The first-order valence-corrected chi connectivity index (χ1v) is 8.01. The normalized spacial score (nSPS) is 13.0. The zero-order valence-electron chi connectivity index (χ0n) is 11.6. The fourth-order valence-electron chi connectivity index (χ4n) is 2.50. The predicted octanol–water partition coefficient (Wildman–Crippen LogP) is 4.07. The lowest BCUT2D eigenvalue weighted by Crippen LogP contribution is -2.13. The lowest BCUT2D eigenvalue weighted by molar-refractivity contribution is 0.456. The molecule has 0 saturated carbocycles. The molecule has 3 rings (SSSR count). The smallest absolute Gasteiger partial charge is 0.229 e. The molecule has 2 N–H and O–H groups in total. The topological polar surface area (TPSA) is 48.1 Å². The number of halogens is 1. The van der Waals surface area contributed by atoms with Crippen LogP contribution in [0.4, 0.5) is 0 Å². The largest absolute Gasteiger partial charge is 0.438 e. The third-order valence-electron chi connectivity index (χ3n) is 3.64. The fourth-order valence-corrected chi connectivity index (χ4v) is 2.98. The third kappa shape index (κ3) is 2.94. The number of rotatable bonds is 3. The van der Waals surface area contributed by atoms with Gasteiger partial charge in [-0.05, 0) is 55.5 Å². The highest BCUT2D eigenvalue weighted by Crippen LogP contribution is 2.32. The van der Waals surface area contributed by atoms with E-state index in [1.54, 1.807) is 0 Å². The summed E-state index contributed by atoms with van der Waals surface area (Å²) in [6.07, 6.45) is 3.15. The Morgan fingerprint density at radius 1 is 1.33 bits per heavy atom. The molecule has 3 nitrogen and oxygen atoms in total. The van der Waals surface area contributed by atoms with Crippen LogP contribution in [-0.4, -0.2) is 9.97 Å². The summed E-state index contributed by atoms with van der Waals surface area (Å²) in [6.45, 7) is 2.00. The average Bonchev–Trinajstić information content (AvgIpc) is 2.89. The van der Waals surface area contributed by atoms with Gasteiger partial charge in [-0.3, -0.25) is 0 Å². The molecule has 0 spiro atoms. The lowest BCUT2D eigenvalue weighted by Gasteiger charge is -2.13. The zero-order valence-corrected chi connectivity index (χ0v) is 14.1. The minimum Gasteiger partial charge on any atom is -0.438 e. The van der Waals surface area contributed by atoms with Crippen molar-refractivity contribution in [2.45, 2.75) is 26.2 Å². The highest BCUT2D eigenvalue weighted by molar-refractivity contribution is 9.10. The van der Waals surface area contributed by atoms with Crippen LogP contribution in [0.25, 0.3) is 0 Å². The van der Waals surface area contributed by atoms with Crippen LogP contribution < -0.4 is 10.5 Å². The zero-order chi connectivity index (χ0) is 15.0. The Morgan fingerprint density at radius 2 is 2.14 bits per heavy atom. The Morgan fingerprint density at radius 3 is 2.90 bits per heavy atom. The molecule has 0 bridgehead atoms. The van der Waals surface area contributed by atoms with Crippen molar-refractivity contribution in [2.75, 3.05) is 0 Å². The second-order valence-electron chi connectivity index (χ2n) is 5.18. The molecule has 0 atom stereocenters. The molecule has 21 heavy (non-hydrogen) atoms. The SMILES string of the molecule is Cc1ccc(Br)cc1Oc1nc2c(cc1C(N)=S)CCC2. The molecule has 0 unspecified atom stereocenters. The van der Waals surface area contributed by atoms with Gasteiger partial charge >= 0.3 is 0 Å². The molecular weight excluding hydrogens is 348 g/mol. The molecule has 2 aromatic rings. The van der Waals surface area contributed by atoms with Crippen LogP contribution in [0.2, 0.25) is 0 Å². The van der Waals surface area contributed by atoms with Gasteiger partial charge in [0.25, 0.3) is 0 Å². The van der Waals surface area contributed by atoms with E-state index in [9.17, 15) is 0 Å². The molecule has 108 valence electrons. The summed E-state index contributed by atoms with van der Waals surface area (Å²) < 4.78 is 6.96. The van der Waals surface area contributed by atoms with E-state index in [-0.39, 0.29) is 0 Å². The van der Waals surface area contributed by atoms with E-state index in [1.807, 2.05) is 31.2 Å². The predicted molar refractivity (Wildman–Crippen MR) is 91.1 cm³/mol. The first kappa shape index (κ1) is 14.5. The van der Waals surface area contributed by atoms with Crippen molar-refractivity contribution < 1.29 is 4.74 Å². The van der Waals surface area contributed by atoms with Gasteiger partial charge < -0.3 is 10.5 Å². The Hall–Kier alpha value is -1.46. The van der Waals surface area contributed by atoms with Crippen molar-refractivity contribution >= 4 is 33.1 Å². The number of fused-ring (bicyclic) bond motifs is 1. The number of nitrogens with zero attached hydrogens (tertiary/aromatic N) is 1. The summed E-state index contributed by atoms with van der Waals surface area (Å²) in [4.78, 5) is 4.95. The number of hydrogen-bond acceptors (Lipinski definition) is 3. The number of benzene rings is 1. The van der Waals surface area contributed by atoms with Crippen LogP contribution in [0.3, 0.4) is 0 Å². The molecule has 5 heteroatoms. The molecule has 0 aliphatic heterocycles. The van der Waals surface area contributed by atoms with Crippen molar-refractivity contribution in [3.05, 3.63) is 51.1 Å². The van der Waals surface area contributed by atoms with E-state index >= 15 is 0 Å². The first-order chi connectivity index (χ1) is 10.0. The average molecular weight is 363 g/mol. The van der Waals surface area contributed by atoms with Gasteiger partial charge in [-0.2, -0.15) is 0 Å². The van der Waals surface area contributed by atoms with Gasteiger partial charge in [-0.25, -0.2) is 4.98 Å². The molecular formula is C16H15BrN2OS. The van der Waals surface area contributed by atoms with Gasteiger partial charge in [0.1, 0.15) is 10.7 Å². The Labute approximate surface area is 137 Å². The van der Waals surface area contributed by atoms with Gasteiger partial charge in [0.05, 0.1) is 5.56 Å². The van der Waals surface area contributed by atoms with Crippen molar-refractivity contribution in [3.8, 4) is 11.6 Å². The molecule has 1 aromatic carbocycles. The monoisotopic (exact) mass is 362 g/mol. The maximum absolute atomic E-state index is 6.00. The van der Waals surface area contributed by atoms with Crippen LogP contribution in [-0.2, 0) is 12.8 Å².